The Bertz CT molecular complexity index is 379. The number of nitrogens with zero attached hydrogens (tertiary/aromatic N) is 2. The molecule has 0 spiro atoms. The second-order valence-electron chi connectivity index (χ2n) is 4.35. The molecule has 0 aliphatic heterocycles. The maximum atomic E-state index is 4.70. The van der Waals surface area contributed by atoms with Crippen LogP contribution in [0.3, 0.4) is 0 Å². The Labute approximate surface area is 108 Å². The molecule has 0 saturated heterocycles. The summed E-state index contributed by atoms with van der Waals surface area (Å²) in [4.78, 5) is 9.36. The predicted molar refractivity (Wildman–Crippen MR) is 74.7 cm³/mol. The van der Waals surface area contributed by atoms with E-state index in [0.717, 1.165) is 36.8 Å². The quantitative estimate of drug-likeness (QED) is 0.789. The number of hydrogen-bond donors (Lipinski definition) is 1. The first kappa shape index (κ1) is 12.7. The maximum Gasteiger partial charge on any atom is 0.140 e. The standard InChI is InChI=1S/C13H21N3S/c1-3-8-17-9-12-15-11-7-5-6-10(11)13(16-12)14-4-2/h3-9H2,1-2H3,(H,14,15,16). The van der Waals surface area contributed by atoms with E-state index in [1.54, 1.807) is 0 Å². The normalized spacial score (nSPS) is 13.8. The van der Waals surface area contributed by atoms with Crippen molar-refractivity contribution in [2.75, 3.05) is 17.6 Å². The van der Waals surface area contributed by atoms with Gasteiger partial charge in [-0.1, -0.05) is 6.92 Å². The molecule has 0 saturated carbocycles. The second-order valence-corrected chi connectivity index (χ2v) is 5.46. The van der Waals surface area contributed by atoms with Crippen LogP contribution in [0.5, 0.6) is 0 Å². The molecule has 0 fully saturated rings. The fraction of sp³-hybridized carbons (Fsp3) is 0.692. The van der Waals surface area contributed by atoms with Gasteiger partial charge in [-0.05, 0) is 38.4 Å². The Morgan fingerprint density at radius 2 is 2.12 bits per heavy atom. The van der Waals surface area contributed by atoms with Gasteiger partial charge in [0, 0.05) is 17.8 Å². The molecule has 0 unspecified atom stereocenters. The molecule has 1 heterocycles. The van der Waals surface area contributed by atoms with Crippen LogP contribution >= 0.6 is 11.8 Å². The monoisotopic (exact) mass is 251 g/mol. The van der Waals surface area contributed by atoms with Gasteiger partial charge in [0.15, 0.2) is 0 Å². The number of aromatic nitrogens is 2. The summed E-state index contributed by atoms with van der Waals surface area (Å²) in [5, 5.41) is 3.38. The highest BCUT2D eigenvalue weighted by Gasteiger charge is 2.18. The zero-order chi connectivity index (χ0) is 12.1. The van der Waals surface area contributed by atoms with Crippen LogP contribution in [-0.2, 0) is 18.6 Å². The number of rotatable bonds is 6. The minimum absolute atomic E-state index is 0.936. The van der Waals surface area contributed by atoms with Gasteiger partial charge in [-0.3, -0.25) is 0 Å². The van der Waals surface area contributed by atoms with E-state index in [9.17, 15) is 0 Å². The molecule has 3 nitrogen and oxygen atoms in total. The third-order valence-corrected chi connectivity index (χ3v) is 4.06. The summed E-state index contributed by atoms with van der Waals surface area (Å²) < 4.78 is 0. The van der Waals surface area contributed by atoms with Crippen LogP contribution < -0.4 is 5.32 Å². The summed E-state index contributed by atoms with van der Waals surface area (Å²) in [6, 6.07) is 0. The predicted octanol–water partition coefficient (Wildman–Crippen LogP) is 3.04. The number of thioether (sulfide) groups is 1. The number of nitrogens with one attached hydrogen (secondary N) is 1. The van der Waals surface area contributed by atoms with Crippen LogP contribution in [0.15, 0.2) is 0 Å². The molecule has 0 amide bonds. The van der Waals surface area contributed by atoms with Gasteiger partial charge in [-0.15, -0.1) is 0 Å². The number of fused-ring (bicyclic) bond motifs is 1. The number of hydrogen-bond acceptors (Lipinski definition) is 4. The molecule has 0 radical (unpaired) electrons. The van der Waals surface area contributed by atoms with Crippen molar-refractivity contribution in [1.29, 1.82) is 0 Å². The van der Waals surface area contributed by atoms with Gasteiger partial charge in [-0.25, -0.2) is 9.97 Å². The SMILES string of the molecule is CCCSCc1nc2c(c(NCC)n1)CCC2. The van der Waals surface area contributed by atoms with Gasteiger partial charge in [0.25, 0.3) is 0 Å². The lowest BCUT2D eigenvalue weighted by Crippen LogP contribution is -2.08. The van der Waals surface area contributed by atoms with Gasteiger partial charge in [0.05, 0.1) is 5.75 Å². The largest absolute Gasteiger partial charge is 0.370 e. The van der Waals surface area contributed by atoms with E-state index in [0.29, 0.717) is 0 Å². The van der Waals surface area contributed by atoms with Crippen molar-refractivity contribution in [3.8, 4) is 0 Å². The van der Waals surface area contributed by atoms with E-state index in [2.05, 4.69) is 24.1 Å². The smallest absolute Gasteiger partial charge is 0.140 e. The minimum atomic E-state index is 0.936. The minimum Gasteiger partial charge on any atom is -0.370 e. The molecule has 0 atom stereocenters. The molecule has 17 heavy (non-hydrogen) atoms. The van der Waals surface area contributed by atoms with Crippen LogP contribution in [0.2, 0.25) is 0 Å². The Kier molecular flexibility index (Phi) is 4.66. The van der Waals surface area contributed by atoms with Gasteiger partial charge in [0.2, 0.25) is 0 Å². The average Bonchev–Trinajstić information content (AvgIpc) is 2.78. The highest BCUT2D eigenvalue weighted by molar-refractivity contribution is 7.98. The molecule has 2 rings (SSSR count). The average molecular weight is 251 g/mol. The molecule has 1 aliphatic rings. The van der Waals surface area contributed by atoms with Crippen molar-refractivity contribution in [3.63, 3.8) is 0 Å². The van der Waals surface area contributed by atoms with Crippen molar-refractivity contribution in [2.45, 2.75) is 45.3 Å². The van der Waals surface area contributed by atoms with Crippen LogP contribution in [0.1, 0.15) is 43.8 Å². The first-order chi connectivity index (χ1) is 8.35. The van der Waals surface area contributed by atoms with Crippen molar-refractivity contribution >= 4 is 17.6 Å². The van der Waals surface area contributed by atoms with Gasteiger partial charge >= 0.3 is 0 Å². The highest BCUT2D eigenvalue weighted by Crippen LogP contribution is 2.27. The van der Waals surface area contributed by atoms with Crippen LogP contribution in [-0.4, -0.2) is 22.3 Å². The Balaban J connectivity index is 2.14. The molecule has 0 bridgehead atoms. The Hall–Kier alpha value is -0.770. The molecule has 1 N–H and O–H groups in total. The molecule has 0 aromatic carbocycles. The molecule has 4 heteroatoms. The topological polar surface area (TPSA) is 37.8 Å². The first-order valence-electron chi connectivity index (χ1n) is 6.55. The number of anilines is 1. The summed E-state index contributed by atoms with van der Waals surface area (Å²) in [6.45, 7) is 5.26. The second kappa shape index (κ2) is 6.24. The lowest BCUT2D eigenvalue weighted by atomic mass is 10.2. The maximum absolute atomic E-state index is 4.70. The Morgan fingerprint density at radius 3 is 2.88 bits per heavy atom. The molecular formula is C13H21N3S. The molecule has 1 aromatic heterocycles. The molecular weight excluding hydrogens is 230 g/mol. The zero-order valence-corrected chi connectivity index (χ0v) is 11.6. The fourth-order valence-corrected chi connectivity index (χ4v) is 2.91. The van der Waals surface area contributed by atoms with E-state index >= 15 is 0 Å². The van der Waals surface area contributed by atoms with Crippen LogP contribution in [0, 0.1) is 0 Å². The first-order valence-corrected chi connectivity index (χ1v) is 7.70. The molecule has 1 aliphatic carbocycles. The lowest BCUT2D eigenvalue weighted by molar-refractivity contribution is 0.893. The van der Waals surface area contributed by atoms with Crippen molar-refractivity contribution in [1.82, 2.24) is 9.97 Å². The third kappa shape index (κ3) is 3.12. The van der Waals surface area contributed by atoms with E-state index in [1.807, 2.05) is 11.8 Å². The van der Waals surface area contributed by atoms with E-state index in [-0.39, 0.29) is 0 Å². The van der Waals surface area contributed by atoms with Crippen LogP contribution in [0.25, 0.3) is 0 Å². The highest BCUT2D eigenvalue weighted by atomic mass is 32.2. The Morgan fingerprint density at radius 1 is 1.24 bits per heavy atom. The van der Waals surface area contributed by atoms with Gasteiger partial charge < -0.3 is 5.32 Å². The van der Waals surface area contributed by atoms with E-state index < -0.39 is 0 Å². The van der Waals surface area contributed by atoms with Gasteiger partial charge in [-0.2, -0.15) is 11.8 Å². The number of aryl methyl sites for hydroxylation is 1. The van der Waals surface area contributed by atoms with Crippen molar-refractivity contribution < 1.29 is 0 Å². The van der Waals surface area contributed by atoms with Crippen molar-refractivity contribution in [3.05, 3.63) is 17.1 Å². The molecule has 1 aromatic rings. The summed E-state index contributed by atoms with van der Waals surface area (Å²) in [7, 11) is 0. The summed E-state index contributed by atoms with van der Waals surface area (Å²) in [6.07, 6.45) is 4.71. The van der Waals surface area contributed by atoms with E-state index in [1.165, 1.54) is 29.9 Å². The lowest BCUT2D eigenvalue weighted by Gasteiger charge is -2.10. The summed E-state index contributed by atoms with van der Waals surface area (Å²) in [5.74, 6) is 4.22. The van der Waals surface area contributed by atoms with Crippen molar-refractivity contribution in [2.24, 2.45) is 0 Å². The summed E-state index contributed by atoms with van der Waals surface area (Å²) in [5.41, 5.74) is 2.64. The molecule has 94 valence electrons. The van der Waals surface area contributed by atoms with E-state index in [4.69, 9.17) is 4.98 Å². The summed E-state index contributed by atoms with van der Waals surface area (Å²) >= 11 is 1.93. The van der Waals surface area contributed by atoms with Crippen LogP contribution in [0.4, 0.5) is 5.82 Å². The van der Waals surface area contributed by atoms with Gasteiger partial charge in [0.1, 0.15) is 11.6 Å². The zero-order valence-electron chi connectivity index (χ0n) is 10.8. The fourth-order valence-electron chi connectivity index (χ4n) is 2.17. The third-order valence-electron chi connectivity index (χ3n) is 2.90.